The molecule has 0 bridgehead atoms. The van der Waals surface area contributed by atoms with E-state index in [1.54, 1.807) is 0 Å². The Morgan fingerprint density at radius 2 is 2.24 bits per heavy atom. The highest BCUT2D eigenvalue weighted by Crippen LogP contribution is 2.35. The number of benzene rings is 1. The Labute approximate surface area is 148 Å². The van der Waals surface area contributed by atoms with Crippen LogP contribution in [0.25, 0.3) is 10.2 Å². The third-order valence-electron chi connectivity index (χ3n) is 4.33. The number of aromatic nitrogens is 2. The number of carbonyl (C=O) groups is 1. The highest BCUT2D eigenvalue weighted by atomic mass is 32.1. The van der Waals surface area contributed by atoms with Gasteiger partial charge in [0.15, 0.2) is 6.73 Å². The summed E-state index contributed by atoms with van der Waals surface area (Å²) < 4.78 is 5.46. The van der Waals surface area contributed by atoms with E-state index in [4.69, 9.17) is 10.5 Å². The number of nitrogen functional groups attached to an aromatic ring is 1. The first-order valence-electron chi connectivity index (χ1n) is 7.84. The lowest BCUT2D eigenvalue weighted by Crippen LogP contribution is -2.22. The number of nitrogens with two attached hydrogens (primary N) is 1. The lowest BCUT2D eigenvalue weighted by atomic mass is 10.1. The molecular formula is C17H17N5O2S. The fourth-order valence-electron chi connectivity index (χ4n) is 2.81. The van der Waals surface area contributed by atoms with Crippen molar-refractivity contribution < 1.29 is 9.53 Å². The van der Waals surface area contributed by atoms with Gasteiger partial charge in [0, 0.05) is 11.9 Å². The van der Waals surface area contributed by atoms with E-state index in [1.807, 2.05) is 32.0 Å². The van der Waals surface area contributed by atoms with Crippen molar-refractivity contribution in [2.75, 3.05) is 17.8 Å². The number of fused-ring (bicyclic) bond motifs is 2. The molecule has 0 unspecified atom stereocenters. The quantitative estimate of drug-likeness (QED) is 0.667. The van der Waals surface area contributed by atoms with E-state index in [1.165, 1.54) is 11.3 Å². The number of rotatable bonds is 3. The Kier molecular flexibility index (Phi) is 3.69. The number of hydrogen-bond acceptors (Lipinski definition) is 7. The molecule has 0 saturated carbocycles. The number of anilines is 2. The topological polar surface area (TPSA) is 102 Å². The summed E-state index contributed by atoms with van der Waals surface area (Å²) in [7, 11) is 0. The number of carbonyl (C=O) groups excluding carboxylic acids is 1. The standard InChI is InChI=1S/C17H17N5O2S/c1-8-9(2)21-22-17-13(8)14(18)15(25-17)16(23)19-6-10-3-4-11-12(5-10)24-7-20-11/h3-5,20H,6-7,18H2,1-2H3,(H,19,23). The first kappa shape index (κ1) is 15.6. The van der Waals surface area contributed by atoms with Gasteiger partial charge in [-0.05, 0) is 37.1 Å². The number of hydrogen-bond donors (Lipinski definition) is 3. The highest BCUT2D eigenvalue weighted by molar-refractivity contribution is 7.21. The average molecular weight is 355 g/mol. The zero-order valence-corrected chi connectivity index (χ0v) is 14.7. The van der Waals surface area contributed by atoms with Gasteiger partial charge in [-0.1, -0.05) is 6.07 Å². The van der Waals surface area contributed by atoms with Crippen molar-refractivity contribution in [3.8, 4) is 5.75 Å². The van der Waals surface area contributed by atoms with Crippen LogP contribution >= 0.6 is 11.3 Å². The van der Waals surface area contributed by atoms with Crippen molar-refractivity contribution in [2.45, 2.75) is 20.4 Å². The molecule has 0 saturated heterocycles. The van der Waals surface area contributed by atoms with Crippen LogP contribution in [0.15, 0.2) is 18.2 Å². The summed E-state index contributed by atoms with van der Waals surface area (Å²) in [6.07, 6.45) is 0. The van der Waals surface area contributed by atoms with Crippen LogP contribution in [-0.4, -0.2) is 22.8 Å². The van der Waals surface area contributed by atoms with E-state index in [0.29, 0.717) is 28.7 Å². The van der Waals surface area contributed by atoms with Crippen LogP contribution in [0.5, 0.6) is 5.75 Å². The van der Waals surface area contributed by atoms with Crippen molar-refractivity contribution in [1.82, 2.24) is 15.5 Å². The van der Waals surface area contributed by atoms with Crippen LogP contribution in [-0.2, 0) is 6.54 Å². The molecule has 0 fully saturated rings. The van der Waals surface area contributed by atoms with Gasteiger partial charge in [-0.15, -0.1) is 16.4 Å². The fourth-order valence-corrected chi connectivity index (χ4v) is 3.82. The maximum atomic E-state index is 12.6. The zero-order valence-electron chi connectivity index (χ0n) is 13.8. The monoisotopic (exact) mass is 355 g/mol. The molecule has 0 atom stereocenters. The predicted molar refractivity (Wildman–Crippen MR) is 98.0 cm³/mol. The molecule has 1 aliphatic rings. The van der Waals surface area contributed by atoms with Crippen LogP contribution in [0.4, 0.5) is 11.4 Å². The van der Waals surface area contributed by atoms with Gasteiger partial charge in [-0.3, -0.25) is 4.79 Å². The Bertz CT molecular complexity index is 998. The SMILES string of the molecule is Cc1nnc2sc(C(=O)NCc3ccc4c(c3)OCN4)c(N)c2c1C. The minimum absolute atomic E-state index is 0.211. The van der Waals surface area contributed by atoms with Crippen molar-refractivity contribution >= 4 is 38.8 Å². The average Bonchev–Trinajstić information content (AvgIpc) is 3.20. The Hall–Kier alpha value is -2.87. The van der Waals surface area contributed by atoms with Crippen LogP contribution in [0.2, 0.25) is 0 Å². The van der Waals surface area contributed by atoms with E-state index >= 15 is 0 Å². The van der Waals surface area contributed by atoms with Crippen LogP contribution in [0.1, 0.15) is 26.5 Å². The fraction of sp³-hybridized carbons (Fsp3) is 0.235. The molecule has 3 heterocycles. The Morgan fingerprint density at radius 3 is 3.08 bits per heavy atom. The normalized spacial score (nSPS) is 12.6. The van der Waals surface area contributed by atoms with E-state index < -0.39 is 0 Å². The van der Waals surface area contributed by atoms with Gasteiger partial charge < -0.3 is 21.1 Å². The number of thiophene rings is 1. The number of aryl methyl sites for hydroxylation is 2. The largest absolute Gasteiger partial charge is 0.471 e. The van der Waals surface area contributed by atoms with Crippen LogP contribution < -0.4 is 21.1 Å². The van der Waals surface area contributed by atoms with Crippen LogP contribution in [0, 0.1) is 13.8 Å². The maximum absolute atomic E-state index is 12.6. The zero-order chi connectivity index (χ0) is 17.6. The van der Waals surface area contributed by atoms with Crippen LogP contribution in [0.3, 0.4) is 0 Å². The number of ether oxygens (including phenoxy) is 1. The molecule has 0 radical (unpaired) electrons. The number of nitrogens with zero attached hydrogens (tertiary/aromatic N) is 2. The minimum Gasteiger partial charge on any atom is -0.471 e. The first-order chi connectivity index (χ1) is 12.0. The molecule has 8 heteroatoms. The van der Waals surface area contributed by atoms with Gasteiger partial charge in [0.2, 0.25) is 0 Å². The maximum Gasteiger partial charge on any atom is 0.263 e. The van der Waals surface area contributed by atoms with Gasteiger partial charge in [0.05, 0.1) is 17.1 Å². The number of amides is 1. The van der Waals surface area contributed by atoms with Crippen molar-refractivity contribution in [2.24, 2.45) is 0 Å². The van der Waals surface area contributed by atoms with Gasteiger partial charge in [0.1, 0.15) is 15.5 Å². The Balaban J connectivity index is 1.56. The summed E-state index contributed by atoms with van der Waals surface area (Å²) >= 11 is 1.26. The third kappa shape index (κ3) is 2.64. The lowest BCUT2D eigenvalue weighted by molar-refractivity contribution is 0.0956. The van der Waals surface area contributed by atoms with Crippen molar-refractivity contribution in [3.63, 3.8) is 0 Å². The van der Waals surface area contributed by atoms with Crippen molar-refractivity contribution in [1.29, 1.82) is 0 Å². The van der Waals surface area contributed by atoms with Gasteiger partial charge in [0.25, 0.3) is 5.91 Å². The second-order valence-electron chi connectivity index (χ2n) is 5.91. The summed E-state index contributed by atoms with van der Waals surface area (Å²) in [5.74, 6) is 0.589. The molecule has 3 aromatic rings. The molecule has 4 N–H and O–H groups in total. The van der Waals surface area contributed by atoms with Gasteiger partial charge in [-0.25, -0.2) is 0 Å². The minimum atomic E-state index is -0.211. The highest BCUT2D eigenvalue weighted by Gasteiger charge is 2.20. The third-order valence-corrected chi connectivity index (χ3v) is 5.42. The van der Waals surface area contributed by atoms with Crippen molar-refractivity contribution in [3.05, 3.63) is 39.9 Å². The van der Waals surface area contributed by atoms with E-state index in [2.05, 4.69) is 20.8 Å². The summed E-state index contributed by atoms with van der Waals surface area (Å²) in [4.78, 5) is 13.7. The summed E-state index contributed by atoms with van der Waals surface area (Å²) in [6, 6.07) is 5.82. The summed E-state index contributed by atoms with van der Waals surface area (Å²) in [6.45, 7) is 4.69. The Morgan fingerprint density at radius 1 is 1.40 bits per heavy atom. The molecule has 7 nitrogen and oxygen atoms in total. The summed E-state index contributed by atoms with van der Waals surface area (Å²) in [5.41, 5.74) is 10.4. The molecule has 1 amide bonds. The molecule has 4 rings (SSSR count). The predicted octanol–water partition coefficient (Wildman–Crippen LogP) is 2.58. The van der Waals surface area contributed by atoms with Gasteiger partial charge in [-0.2, -0.15) is 5.10 Å². The smallest absolute Gasteiger partial charge is 0.263 e. The van der Waals surface area contributed by atoms with Gasteiger partial charge >= 0.3 is 0 Å². The molecule has 25 heavy (non-hydrogen) atoms. The summed E-state index contributed by atoms with van der Waals surface area (Å²) in [5, 5.41) is 15.1. The molecule has 0 spiro atoms. The second-order valence-corrected chi connectivity index (χ2v) is 6.91. The molecule has 1 aromatic carbocycles. The molecule has 0 aliphatic carbocycles. The molecule has 2 aromatic heterocycles. The number of nitrogens with one attached hydrogen (secondary N) is 2. The lowest BCUT2D eigenvalue weighted by Gasteiger charge is -2.06. The van der Waals surface area contributed by atoms with E-state index in [-0.39, 0.29) is 5.91 Å². The molecule has 128 valence electrons. The van der Waals surface area contributed by atoms with E-state index in [0.717, 1.165) is 33.6 Å². The second kappa shape index (κ2) is 5.89. The first-order valence-corrected chi connectivity index (χ1v) is 8.66. The van der Waals surface area contributed by atoms with E-state index in [9.17, 15) is 4.79 Å². The molecular weight excluding hydrogens is 338 g/mol. The molecule has 1 aliphatic heterocycles.